The molecule has 1 aliphatic rings. The van der Waals surface area contributed by atoms with Gasteiger partial charge in [-0.25, -0.2) is 8.42 Å². The average molecular weight is 360 g/mol. The zero-order valence-electron chi connectivity index (χ0n) is 13.9. The van der Waals surface area contributed by atoms with Gasteiger partial charge >= 0.3 is 0 Å². The van der Waals surface area contributed by atoms with Gasteiger partial charge in [0.25, 0.3) is 5.91 Å². The molecule has 2 aromatic rings. The van der Waals surface area contributed by atoms with E-state index in [0.29, 0.717) is 36.5 Å². The summed E-state index contributed by atoms with van der Waals surface area (Å²) in [6.07, 6.45) is 0.637. The van der Waals surface area contributed by atoms with Gasteiger partial charge < -0.3 is 10.1 Å². The Morgan fingerprint density at radius 3 is 2.36 bits per heavy atom. The molecule has 6 nitrogen and oxygen atoms in total. The summed E-state index contributed by atoms with van der Waals surface area (Å²) in [7, 11) is -3.19. The first-order chi connectivity index (χ1) is 12.0. The molecule has 3 rings (SSSR count). The number of sulfonamides is 1. The molecule has 0 radical (unpaired) electrons. The van der Waals surface area contributed by atoms with Crippen molar-refractivity contribution in [2.24, 2.45) is 0 Å². The number of hydrogen-bond donors (Lipinski definition) is 1. The van der Waals surface area contributed by atoms with Crippen LogP contribution in [0.5, 0.6) is 5.75 Å². The van der Waals surface area contributed by atoms with E-state index in [0.717, 1.165) is 5.75 Å². The van der Waals surface area contributed by atoms with Crippen LogP contribution >= 0.6 is 0 Å². The summed E-state index contributed by atoms with van der Waals surface area (Å²) < 4.78 is 30.6. The van der Waals surface area contributed by atoms with Crippen molar-refractivity contribution in [3.63, 3.8) is 0 Å². The molecule has 1 N–H and O–H groups in total. The van der Waals surface area contributed by atoms with E-state index in [1.54, 1.807) is 48.5 Å². The van der Waals surface area contributed by atoms with Crippen molar-refractivity contribution >= 4 is 27.3 Å². The van der Waals surface area contributed by atoms with Crippen molar-refractivity contribution in [1.82, 2.24) is 0 Å². The Labute approximate surface area is 147 Å². The molecule has 1 saturated heterocycles. The number of ether oxygens (including phenoxy) is 1. The number of carbonyl (C=O) groups is 1. The molecule has 1 heterocycles. The van der Waals surface area contributed by atoms with Crippen LogP contribution in [0.3, 0.4) is 0 Å². The summed E-state index contributed by atoms with van der Waals surface area (Å²) in [6.45, 7) is 2.97. The molecular weight excluding hydrogens is 340 g/mol. The molecular formula is C18H20N2O4S. The van der Waals surface area contributed by atoms with Gasteiger partial charge in [-0.3, -0.25) is 9.10 Å². The summed E-state index contributed by atoms with van der Waals surface area (Å²) in [4.78, 5) is 12.3. The highest BCUT2D eigenvalue weighted by molar-refractivity contribution is 7.93. The monoisotopic (exact) mass is 360 g/mol. The van der Waals surface area contributed by atoms with Crippen LogP contribution in [0.1, 0.15) is 23.7 Å². The van der Waals surface area contributed by atoms with Crippen LogP contribution in [0.4, 0.5) is 11.4 Å². The molecule has 1 aliphatic heterocycles. The lowest BCUT2D eigenvalue weighted by molar-refractivity contribution is 0.102. The first-order valence-electron chi connectivity index (χ1n) is 8.14. The minimum atomic E-state index is -3.19. The van der Waals surface area contributed by atoms with Gasteiger partial charge in [0.2, 0.25) is 10.0 Å². The van der Waals surface area contributed by atoms with Gasteiger partial charge in [0, 0.05) is 17.8 Å². The molecule has 0 unspecified atom stereocenters. The van der Waals surface area contributed by atoms with Gasteiger partial charge in [0.15, 0.2) is 0 Å². The molecule has 7 heteroatoms. The fourth-order valence-electron chi connectivity index (χ4n) is 2.71. The SMILES string of the molecule is CCOc1ccc(C(=O)Nc2ccc(N3CCCS3(=O)=O)cc2)cc1. The Morgan fingerprint density at radius 2 is 1.80 bits per heavy atom. The van der Waals surface area contributed by atoms with Gasteiger partial charge in [-0.05, 0) is 61.9 Å². The van der Waals surface area contributed by atoms with Gasteiger partial charge in [-0.2, -0.15) is 0 Å². The normalized spacial score (nSPS) is 15.8. The lowest BCUT2D eigenvalue weighted by Crippen LogP contribution is -2.24. The van der Waals surface area contributed by atoms with Crippen LogP contribution in [0.2, 0.25) is 0 Å². The Kier molecular flexibility index (Phi) is 4.94. The van der Waals surface area contributed by atoms with E-state index in [4.69, 9.17) is 4.74 Å². The Hall–Kier alpha value is -2.54. The third-order valence-electron chi connectivity index (χ3n) is 3.94. The molecule has 0 aromatic heterocycles. The van der Waals surface area contributed by atoms with Crippen LogP contribution < -0.4 is 14.4 Å². The van der Waals surface area contributed by atoms with Gasteiger partial charge in [-0.1, -0.05) is 0 Å². The number of nitrogens with zero attached hydrogens (tertiary/aromatic N) is 1. The molecule has 25 heavy (non-hydrogen) atoms. The van der Waals surface area contributed by atoms with Crippen molar-refractivity contribution in [3.8, 4) is 5.75 Å². The van der Waals surface area contributed by atoms with Crippen molar-refractivity contribution in [2.45, 2.75) is 13.3 Å². The molecule has 0 saturated carbocycles. The third-order valence-corrected chi connectivity index (χ3v) is 5.81. The van der Waals surface area contributed by atoms with Crippen LogP contribution in [0, 0.1) is 0 Å². The highest BCUT2D eigenvalue weighted by Crippen LogP contribution is 2.25. The summed E-state index contributed by atoms with van der Waals surface area (Å²) in [5, 5.41) is 2.80. The first-order valence-corrected chi connectivity index (χ1v) is 9.75. The maximum absolute atomic E-state index is 12.3. The van der Waals surface area contributed by atoms with E-state index in [9.17, 15) is 13.2 Å². The minimum absolute atomic E-state index is 0.184. The Balaban J connectivity index is 1.67. The zero-order chi connectivity index (χ0) is 17.9. The van der Waals surface area contributed by atoms with Crippen molar-refractivity contribution < 1.29 is 17.9 Å². The number of anilines is 2. The van der Waals surface area contributed by atoms with Crippen LogP contribution in [0.15, 0.2) is 48.5 Å². The zero-order valence-corrected chi connectivity index (χ0v) is 14.8. The Morgan fingerprint density at radius 1 is 1.12 bits per heavy atom. The number of nitrogens with one attached hydrogen (secondary N) is 1. The van der Waals surface area contributed by atoms with Crippen molar-refractivity contribution in [3.05, 3.63) is 54.1 Å². The number of amides is 1. The molecule has 1 fully saturated rings. The second-order valence-electron chi connectivity index (χ2n) is 5.70. The molecule has 0 spiro atoms. The number of rotatable bonds is 5. The molecule has 0 bridgehead atoms. The molecule has 2 aromatic carbocycles. The van der Waals surface area contributed by atoms with Crippen LogP contribution in [-0.2, 0) is 10.0 Å². The van der Waals surface area contributed by atoms with Crippen LogP contribution in [-0.4, -0.2) is 33.2 Å². The maximum Gasteiger partial charge on any atom is 0.255 e. The topological polar surface area (TPSA) is 75.7 Å². The van der Waals surface area contributed by atoms with Crippen molar-refractivity contribution in [2.75, 3.05) is 28.5 Å². The number of benzene rings is 2. The minimum Gasteiger partial charge on any atom is -0.494 e. The average Bonchev–Trinajstić information content (AvgIpc) is 2.96. The lowest BCUT2D eigenvalue weighted by Gasteiger charge is -2.17. The quantitative estimate of drug-likeness (QED) is 0.890. The predicted octanol–water partition coefficient (Wildman–Crippen LogP) is 2.88. The smallest absolute Gasteiger partial charge is 0.255 e. The highest BCUT2D eigenvalue weighted by atomic mass is 32.2. The van der Waals surface area contributed by atoms with Crippen LogP contribution in [0.25, 0.3) is 0 Å². The number of carbonyl (C=O) groups excluding carboxylic acids is 1. The largest absolute Gasteiger partial charge is 0.494 e. The van der Waals surface area contributed by atoms with Crippen molar-refractivity contribution in [1.29, 1.82) is 0 Å². The van der Waals surface area contributed by atoms with E-state index in [1.807, 2.05) is 6.92 Å². The second-order valence-corrected chi connectivity index (χ2v) is 7.71. The highest BCUT2D eigenvalue weighted by Gasteiger charge is 2.28. The van der Waals surface area contributed by atoms with E-state index in [2.05, 4.69) is 5.32 Å². The standard InChI is InChI=1S/C18H20N2O4S/c1-2-24-17-10-4-14(5-11-17)18(21)19-15-6-8-16(9-7-15)20-12-3-13-25(20,22)23/h4-11H,2-3,12-13H2,1H3,(H,19,21). The van der Waals surface area contributed by atoms with E-state index >= 15 is 0 Å². The predicted molar refractivity (Wildman–Crippen MR) is 97.8 cm³/mol. The summed E-state index contributed by atoms with van der Waals surface area (Å²) in [5.74, 6) is 0.670. The summed E-state index contributed by atoms with van der Waals surface area (Å²) in [6, 6.07) is 13.7. The van der Waals surface area contributed by atoms with Gasteiger partial charge in [0.1, 0.15) is 5.75 Å². The third kappa shape index (κ3) is 3.93. The van der Waals surface area contributed by atoms with E-state index < -0.39 is 10.0 Å². The molecule has 0 aliphatic carbocycles. The fourth-order valence-corrected chi connectivity index (χ4v) is 4.28. The lowest BCUT2D eigenvalue weighted by atomic mass is 10.2. The van der Waals surface area contributed by atoms with E-state index in [1.165, 1.54) is 4.31 Å². The Bertz CT molecular complexity index is 846. The second kappa shape index (κ2) is 7.14. The molecule has 132 valence electrons. The first kappa shape index (κ1) is 17.3. The van der Waals surface area contributed by atoms with E-state index in [-0.39, 0.29) is 11.7 Å². The molecule has 0 atom stereocenters. The van der Waals surface area contributed by atoms with Gasteiger partial charge in [0.05, 0.1) is 18.0 Å². The number of hydrogen-bond acceptors (Lipinski definition) is 4. The fraction of sp³-hybridized carbons (Fsp3) is 0.278. The molecule has 1 amide bonds. The summed E-state index contributed by atoms with van der Waals surface area (Å²) in [5.41, 5.74) is 1.76. The maximum atomic E-state index is 12.3. The summed E-state index contributed by atoms with van der Waals surface area (Å²) >= 11 is 0. The van der Waals surface area contributed by atoms with Gasteiger partial charge in [-0.15, -0.1) is 0 Å².